The van der Waals surface area contributed by atoms with Crippen LogP contribution < -0.4 is 5.32 Å². The average Bonchev–Trinajstić information content (AvgIpc) is 3.26. The Morgan fingerprint density at radius 1 is 0.459 bits per heavy atom. The summed E-state index contributed by atoms with van der Waals surface area (Å²) in [6, 6.07) is -0.627. The smallest absolute Gasteiger partial charge is 0.305 e. The second-order valence-electron chi connectivity index (χ2n) is 18.2. The van der Waals surface area contributed by atoms with Gasteiger partial charge in [-0.15, -0.1) is 0 Å². The van der Waals surface area contributed by atoms with Crippen LogP contribution in [0.1, 0.15) is 277 Å². The summed E-state index contributed by atoms with van der Waals surface area (Å²) < 4.78 is 5.46. The van der Waals surface area contributed by atoms with Gasteiger partial charge < -0.3 is 20.3 Å². The predicted molar refractivity (Wildman–Crippen MR) is 264 cm³/mol. The zero-order valence-electron chi connectivity index (χ0n) is 40.6. The Bertz CT molecular complexity index is 993. The molecule has 0 saturated carbocycles. The van der Waals surface area contributed by atoms with Crippen LogP contribution >= 0.6 is 0 Å². The van der Waals surface area contributed by atoms with Gasteiger partial charge in [0, 0.05) is 12.8 Å². The number of aliphatic hydroxyl groups is 2. The molecule has 2 atom stereocenters. The number of nitrogens with one attached hydrogen (secondary N) is 1. The van der Waals surface area contributed by atoms with E-state index in [1.165, 1.54) is 199 Å². The second-order valence-corrected chi connectivity index (χ2v) is 18.2. The van der Waals surface area contributed by atoms with Gasteiger partial charge in [-0.25, -0.2) is 0 Å². The quantitative estimate of drug-likeness (QED) is 0.0322. The average molecular weight is 858 g/mol. The van der Waals surface area contributed by atoms with Gasteiger partial charge in [0.25, 0.3) is 0 Å². The molecular weight excluding hydrogens is 755 g/mol. The minimum Gasteiger partial charge on any atom is -0.466 e. The molecule has 0 heterocycles. The van der Waals surface area contributed by atoms with Crippen LogP contribution in [0.4, 0.5) is 0 Å². The Morgan fingerprint density at radius 2 is 0.852 bits per heavy atom. The number of ether oxygens (including phenoxy) is 1. The summed E-state index contributed by atoms with van der Waals surface area (Å²) in [5, 5.41) is 22.9. The summed E-state index contributed by atoms with van der Waals surface area (Å²) in [5.74, 6) is -0.0763. The van der Waals surface area contributed by atoms with Gasteiger partial charge >= 0.3 is 5.97 Å². The molecule has 0 aromatic carbocycles. The second kappa shape index (κ2) is 50.7. The molecule has 1 amide bonds. The summed E-state index contributed by atoms with van der Waals surface area (Å²) in [6.45, 7) is 4.81. The standard InChI is InChI=1S/C55H103NO5/c1-3-5-7-9-11-13-15-25-29-33-37-41-45-49-55(60)61-50-46-42-38-34-30-27-24-22-20-18-16-17-19-21-23-26-28-32-36-40-44-48-54(59)56-52(51-57)53(58)47-43-39-35-31-14-12-10-8-6-4-2/h7,9,13,15,43,47,52-53,57-58H,3-6,8,10-12,14,16-42,44-46,48-51H2,1-2H3,(H,56,59)/b9-7-,15-13-,47-43+. The van der Waals surface area contributed by atoms with Crippen molar-refractivity contribution >= 4 is 11.9 Å². The van der Waals surface area contributed by atoms with E-state index in [0.717, 1.165) is 51.4 Å². The van der Waals surface area contributed by atoms with E-state index in [9.17, 15) is 19.8 Å². The first-order valence-corrected chi connectivity index (χ1v) is 26.8. The third-order valence-corrected chi connectivity index (χ3v) is 12.1. The monoisotopic (exact) mass is 858 g/mol. The molecule has 2 unspecified atom stereocenters. The molecule has 0 rings (SSSR count). The number of rotatable bonds is 49. The van der Waals surface area contributed by atoms with E-state index >= 15 is 0 Å². The number of unbranched alkanes of at least 4 members (excludes halogenated alkanes) is 34. The van der Waals surface area contributed by atoms with Gasteiger partial charge in [-0.3, -0.25) is 9.59 Å². The fourth-order valence-corrected chi connectivity index (χ4v) is 8.02. The topological polar surface area (TPSA) is 95.9 Å². The molecule has 0 spiro atoms. The van der Waals surface area contributed by atoms with Crippen LogP contribution in [0, 0.1) is 0 Å². The van der Waals surface area contributed by atoms with Crippen molar-refractivity contribution in [3.63, 3.8) is 0 Å². The number of carbonyl (C=O) groups excluding carboxylic acids is 2. The number of esters is 1. The SMILES string of the molecule is CCC/C=C\C/C=C\CCCCCCCC(=O)OCCCCCCCCCCCCCCCCCCCCCCCC(=O)NC(CO)C(O)/C=C/CCCCCCCCCC. The van der Waals surface area contributed by atoms with Crippen LogP contribution in [0.15, 0.2) is 36.5 Å². The van der Waals surface area contributed by atoms with Gasteiger partial charge in [0.2, 0.25) is 5.91 Å². The lowest BCUT2D eigenvalue weighted by Gasteiger charge is -2.20. The molecule has 0 aliphatic rings. The molecule has 6 nitrogen and oxygen atoms in total. The van der Waals surface area contributed by atoms with E-state index < -0.39 is 12.1 Å². The fraction of sp³-hybridized carbons (Fsp3) is 0.855. The van der Waals surface area contributed by atoms with E-state index in [-0.39, 0.29) is 18.5 Å². The maximum atomic E-state index is 12.4. The number of aliphatic hydroxyl groups excluding tert-OH is 2. The van der Waals surface area contributed by atoms with Crippen molar-refractivity contribution in [1.82, 2.24) is 5.32 Å². The Hall–Kier alpha value is -1.92. The first-order valence-electron chi connectivity index (χ1n) is 26.8. The fourth-order valence-electron chi connectivity index (χ4n) is 8.02. The van der Waals surface area contributed by atoms with E-state index in [1.54, 1.807) is 6.08 Å². The van der Waals surface area contributed by atoms with Crippen molar-refractivity contribution in [2.24, 2.45) is 0 Å². The summed E-state index contributed by atoms with van der Waals surface area (Å²) >= 11 is 0. The highest BCUT2D eigenvalue weighted by Gasteiger charge is 2.18. The lowest BCUT2D eigenvalue weighted by Crippen LogP contribution is -2.45. The molecule has 6 heteroatoms. The first kappa shape index (κ1) is 59.1. The van der Waals surface area contributed by atoms with Crippen LogP contribution in [0.3, 0.4) is 0 Å². The third kappa shape index (κ3) is 47.4. The third-order valence-electron chi connectivity index (χ3n) is 12.1. The molecule has 0 aromatic heterocycles. The summed E-state index contributed by atoms with van der Waals surface area (Å²) in [6.07, 6.45) is 61.6. The van der Waals surface area contributed by atoms with Crippen molar-refractivity contribution < 1.29 is 24.5 Å². The molecule has 61 heavy (non-hydrogen) atoms. The summed E-state index contributed by atoms with van der Waals surface area (Å²) in [7, 11) is 0. The number of allylic oxidation sites excluding steroid dienone is 5. The van der Waals surface area contributed by atoms with Crippen molar-refractivity contribution in [2.75, 3.05) is 13.2 Å². The van der Waals surface area contributed by atoms with E-state index in [2.05, 4.69) is 43.5 Å². The molecule has 0 bridgehead atoms. The van der Waals surface area contributed by atoms with Crippen molar-refractivity contribution in [3.05, 3.63) is 36.5 Å². The highest BCUT2D eigenvalue weighted by molar-refractivity contribution is 5.76. The maximum Gasteiger partial charge on any atom is 0.305 e. The molecule has 0 radical (unpaired) electrons. The summed E-state index contributed by atoms with van der Waals surface area (Å²) in [5.41, 5.74) is 0. The van der Waals surface area contributed by atoms with Gasteiger partial charge in [-0.05, 0) is 57.8 Å². The number of hydrogen-bond donors (Lipinski definition) is 3. The molecule has 0 aromatic rings. The minimum absolute atomic E-state index is 0.00469. The lowest BCUT2D eigenvalue weighted by atomic mass is 10.0. The summed E-state index contributed by atoms with van der Waals surface area (Å²) in [4.78, 5) is 24.4. The van der Waals surface area contributed by atoms with Crippen molar-refractivity contribution in [1.29, 1.82) is 0 Å². The number of hydrogen-bond acceptors (Lipinski definition) is 5. The largest absolute Gasteiger partial charge is 0.466 e. The van der Waals surface area contributed by atoms with Crippen molar-refractivity contribution in [2.45, 2.75) is 289 Å². The Balaban J connectivity index is 3.39. The molecule has 0 fully saturated rings. The van der Waals surface area contributed by atoms with Gasteiger partial charge in [-0.2, -0.15) is 0 Å². The molecule has 0 saturated heterocycles. The zero-order valence-corrected chi connectivity index (χ0v) is 40.6. The number of carbonyl (C=O) groups is 2. The van der Waals surface area contributed by atoms with E-state index in [4.69, 9.17) is 4.74 Å². The van der Waals surface area contributed by atoms with Crippen LogP contribution in [0.25, 0.3) is 0 Å². The molecule has 3 N–H and O–H groups in total. The van der Waals surface area contributed by atoms with Gasteiger partial charge in [0.1, 0.15) is 0 Å². The van der Waals surface area contributed by atoms with Crippen molar-refractivity contribution in [3.8, 4) is 0 Å². The van der Waals surface area contributed by atoms with E-state index in [0.29, 0.717) is 19.4 Å². The van der Waals surface area contributed by atoms with Crippen LogP contribution in [0.5, 0.6) is 0 Å². The Morgan fingerprint density at radius 3 is 1.31 bits per heavy atom. The van der Waals surface area contributed by atoms with E-state index in [1.807, 2.05) is 6.08 Å². The highest BCUT2D eigenvalue weighted by Crippen LogP contribution is 2.16. The molecule has 358 valence electrons. The highest BCUT2D eigenvalue weighted by atomic mass is 16.5. The predicted octanol–water partition coefficient (Wildman–Crippen LogP) is 16.1. The minimum atomic E-state index is -0.843. The van der Waals surface area contributed by atoms with Crippen LogP contribution in [-0.2, 0) is 14.3 Å². The molecular formula is C55H103NO5. The van der Waals surface area contributed by atoms with Crippen LogP contribution in [-0.4, -0.2) is 47.4 Å². The van der Waals surface area contributed by atoms with Crippen LogP contribution in [0.2, 0.25) is 0 Å². The van der Waals surface area contributed by atoms with Gasteiger partial charge in [0.05, 0.1) is 25.4 Å². The van der Waals surface area contributed by atoms with Gasteiger partial charge in [0.15, 0.2) is 0 Å². The number of amides is 1. The normalized spacial score (nSPS) is 12.9. The first-order chi connectivity index (χ1) is 30.0. The molecule has 0 aliphatic carbocycles. The lowest BCUT2D eigenvalue weighted by molar-refractivity contribution is -0.143. The maximum absolute atomic E-state index is 12.4. The Labute approximate surface area is 379 Å². The van der Waals surface area contributed by atoms with Gasteiger partial charge in [-0.1, -0.05) is 243 Å². The zero-order chi connectivity index (χ0) is 44.4. The Kier molecular flexibility index (Phi) is 49.1. The molecule has 0 aliphatic heterocycles.